The molecule has 2 rings (SSSR count). The topological polar surface area (TPSA) is 98.2 Å². The van der Waals surface area contributed by atoms with E-state index in [9.17, 15) is 14.9 Å². The maximum atomic E-state index is 11.5. The number of nitro benzene ring substituents is 1. The first-order valence-corrected chi connectivity index (χ1v) is 6.08. The summed E-state index contributed by atoms with van der Waals surface area (Å²) >= 11 is 0. The number of nitro groups is 1. The van der Waals surface area contributed by atoms with Gasteiger partial charge in [-0.25, -0.2) is 0 Å². The van der Waals surface area contributed by atoms with Crippen molar-refractivity contribution in [3.05, 3.63) is 68.6 Å². The number of nitrogens with zero attached hydrogens (tertiary/aromatic N) is 3. The van der Waals surface area contributed by atoms with Gasteiger partial charge in [-0.05, 0) is 18.2 Å². The molecular formula is C14H11N3O4. The highest BCUT2D eigenvalue weighted by Gasteiger charge is 2.16. The number of pyridine rings is 1. The lowest BCUT2D eigenvalue weighted by Crippen LogP contribution is -2.21. The second-order valence-corrected chi connectivity index (χ2v) is 4.13. The summed E-state index contributed by atoms with van der Waals surface area (Å²) in [6, 6.07) is 10.6. The molecule has 2 aromatic rings. The maximum absolute atomic E-state index is 11.5. The van der Waals surface area contributed by atoms with Gasteiger partial charge in [0.2, 0.25) is 0 Å². The molecule has 0 spiro atoms. The highest BCUT2D eigenvalue weighted by Crippen LogP contribution is 2.27. The van der Waals surface area contributed by atoms with Gasteiger partial charge in [0.05, 0.1) is 23.1 Å². The molecular weight excluding hydrogens is 274 g/mol. The van der Waals surface area contributed by atoms with E-state index in [1.54, 1.807) is 18.3 Å². The van der Waals surface area contributed by atoms with Crippen LogP contribution in [0.3, 0.4) is 0 Å². The van der Waals surface area contributed by atoms with Gasteiger partial charge < -0.3 is 9.30 Å². The van der Waals surface area contributed by atoms with Crippen LogP contribution in [0.25, 0.3) is 0 Å². The molecule has 0 saturated heterocycles. The molecule has 0 saturated carbocycles. The molecule has 106 valence electrons. The third-order valence-corrected chi connectivity index (χ3v) is 2.77. The lowest BCUT2D eigenvalue weighted by molar-refractivity contribution is -0.385. The molecule has 0 fully saturated rings. The summed E-state index contributed by atoms with van der Waals surface area (Å²) in [6.45, 7) is 0.382. The zero-order chi connectivity index (χ0) is 15.2. The van der Waals surface area contributed by atoms with Crippen molar-refractivity contribution >= 4 is 5.69 Å². The van der Waals surface area contributed by atoms with Crippen LogP contribution in [-0.4, -0.2) is 16.1 Å². The Morgan fingerprint density at radius 1 is 1.33 bits per heavy atom. The van der Waals surface area contributed by atoms with Gasteiger partial charge in [-0.3, -0.25) is 14.9 Å². The van der Waals surface area contributed by atoms with Crippen LogP contribution in [-0.2, 0) is 6.54 Å². The number of rotatable bonds is 5. The van der Waals surface area contributed by atoms with Crippen LogP contribution in [0.2, 0.25) is 0 Å². The normalized spacial score (nSPS) is 9.86. The van der Waals surface area contributed by atoms with Gasteiger partial charge >= 0.3 is 5.69 Å². The molecule has 0 amide bonds. The molecule has 21 heavy (non-hydrogen) atoms. The summed E-state index contributed by atoms with van der Waals surface area (Å²) in [5, 5.41) is 19.7. The fourth-order valence-corrected chi connectivity index (χ4v) is 1.75. The third kappa shape index (κ3) is 3.45. The smallest absolute Gasteiger partial charge is 0.312 e. The highest BCUT2D eigenvalue weighted by atomic mass is 16.6. The second kappa shape index (κ2) is 6.34. The maximum Gasteiger partial charge on any atom is 0.312 e. The number of hydrogen-bond acceptors (Lipinski definition) is 5. The van der Waals surface area contributed by atoms with Crippen molar-refractivity contribution in [1.82, 2.24) is 4.57 Å². The molecule has 0 unspecified atom stereocenters. The molecule has 7 heteroatoms. The fourth-order valence-electron chi connectivity index (χ4n) is 1.75. The lowest BCUT2D eigenvalue weighted by atomic mass is 10.2. The molecule has 0 bridgehead atoms. The van der Waals surface area contributed by atoms with E-state index in [0.717, 1.165) is 6.07 Å². The van der Waals surface area contributed by atoms with Crippen molar-refractivity contribution in [2.45, 2.75) is 6.54 Å². The van der Waals surface area contributed by atoms with E-state index in [2.05, 4.69) is 0 Å². The molecule has 0 radical (unpaired) electrons. The number of aromatic nitrogens is 1. The van der Waals surface area contributed by atoms with Crippen LogP contribution in [0.1, 0.15) is 5.56 Å². The van der Waals surface area contributed by atoms with Crippen LogP contribution < -0.4 is 10.3 Å². The van der Waals surface area contributed by atoms with Gasteiger partial charge in [0.15, 0.2) is 5.75 Å². The number of hydrogen-bond donors (Lipinski definition) is 0. The van der Waals surface area contributed by atoms with Gasteiger partial charge in [0.1, 0.15) is 6.61 Å². The summed E-state index contributed by atoms with van der Waals surface area (Å²) in [7, 11) is 0. The Morgan fingerprint density at radius 2 is 2.14 bits per heavy atom. The average molecular weight is 285 g/mol. The van der Waals surface area contributed by atoms with Gasteiger partial charge in [0.25, 0.3) is 5.56 Å². The van der Waals surface area contributed by atoms with Gasteiger partial charge in [-0.15, -0.1) is 0 Å². The lowest BCUT2D eigenvalue weighted by Gasteiger charge is -2.08. The molecule has 0 aliphatic heterocycles. The van der Waals surface area contributed by atoms with E-state index in [0.29, 0.717) is 0 Å². The van der Waals surface area contributed by atoms with Crippen molar-refractivity contribution in [3.63, 3.8) is 0 Å². The largest absolute Gasteiger partial charge is 0.485 e. The van der Waals surface area contributed by atoms with E-state index in [4.69, 9.17) is 10.00 Å². The van der Waals surface area contributed by atoms with E-state index in [1.807, 2.05) is 6.07 Å². The van der Waals surface area contributed by atoms with Crippen LogP contribution in [0.5, 0.6) is 5.75 Å². The van der Waals surface area contributed by atoms with Crippen LogP contribution in [0.15, 0.2) is 47.4 Å². The zero-order valence-electron chi connectivity index (χ0n) is 10.9. The fraction of sp³-hybridized carbons (Fsp3) is 0.143. The Labute approximate surface area is 119 Å². The summed E-state index contributed by atoms with van der Waals surface area (Å²) in [6.07, 6.45) is 1.61. The van der Waals surface area contributed by atoms with Gasteiger partial charge in [0, 0.05) is 18.3 Å². The summed E-state index contributed by atoms with van der Waals surface area (Å²) in [5.41, 5.74) is -0.252. The zero-order valence-corrected chi connectivity index (χ0v) is 10.9. The molecule has 1 aromatic carbocycles. The van der Waals surface area contributed by atoms with E-state index in [1.165, 1.54) is 22.8 Å². The Morgan fingerprint density at radius 3 is 2.81 bits per heavy atom. The summed E-state index contributed by atoms with van der Waals surface area (Å²) in [5.74, 6) is 0.0722. The number of nitriles is 1. The van der Waals surface area contributed by atoms with Crippen LogP contribution >= 0.6 is 0 Å². The minimum Gasteiger partial charge on any atom is -0.485 e. The Hall–Kier alpha value is -3.14. The van der Waals surface area contributed by atoms with Gasteiger partial charge in [-0.2, -0.15) is 5.26 Å². The van der Waals surface area contributed by atoms with Crippen molar-refractivity contribution in [1.29, 1.82) is 5.26 Å². The minimum absolute atomic E-state index is 0.0722. The van der Waals surface area contributed by atoms with E-state index in [-0.39, 0.29) is 35.7 Å². The molecule has 1 aromatic heterocycles. The van der Waals surface area contributed by atoms with Crippen LogP contribution in [0, 0.1) is 21.4 Å². The van der Waals surface area contributed by atoms with Crippen molar-refractivity contribution in [2.75, 3.05) is 6.61 Å². The molecule has 7 nitrogen and oxygen atoms in total. The first kappa shape index (κ1) is 14.3. The molecule has 0 aliphatic carbocycles. The van der Waals surface area contributed by atoms with Crippen molar-refractivity contribution in [2.24, 2.45) is 0 Å². The molecule has 0 atom stereocenters. The predicted molar refractivity (Wildman–Crippen MR) is 74.0 cm³/mol. The molecule has 0 N–H and O–H groups in total. The number of ether oxygens (including phenoxy) is 1. The minimum atomic E-state index is -0.606. The highest BCUT2D eigenvalue weighted by molar-refractivity contribution is 5.51. The first-order chi connectivity index (χ1) is 10.1. The SMILES string of the molecule is N#Cc1ccc(OCCn2ccccc2=O)c([N+](=O)[O-])c1. The molecule has 1 heterocycles. The van der Waals surface area contributed by atoms with E-state index >= 15 is 0 Å². The summed E-state index contributed by atoms with van der Waals surface area (Å²) < 4.78 is 6.79. The van der Waals surface area contributed by atoms with E-state index < -0.39 is 4.92 Å². The Kier molecular flexibility index (Phi) is 4.31. The quantitative estimate of drug-likeness (QED) is 0.615. The molecule has 0 aliphatic rings. The third-order valence-electron chi connectivity index (χ3n) is 2.77. The Balaban J connectivity index is 2.10. The number of benzene rings is 1. The van der Waals surface area contributed by atoms with Crippen LogP contribution in [0.4, 0.5) is 5.69 Å². The van der Waals surface area contributed by atoms with Gasteiger partial charge in [-0.1, -0.05) is 6.07 Å². The average Bonchev–Trinajstić information content (AvgIpc) is 2.49. The summed E-state index contributed by atoms with van der Waals surface area (Å²) in [4.78, 5) is 21.8. The Bertz CT molecular complexity index is 761. The second-order valence-electron chi connectivity index (χ2n) is 4.13. The standard InChI is InChI=1S/C14H11N3O4/c15-10-11-4-5-13(12(9-11)17(19)20)21-8-7-16-6-2-1-3-14(16)18/h1-6,9H,7-8H2. The monoisotopic (exact) mass is 285 g/mol. The van der Waals surface area contributed by atoms with Crippen molar-refractivity contribution in [3.8, 4) is 11.8 Å². The first-order valence-electron chi connectivity index (χ1n) is 6.08. The predicted octanol–water partition coefficient (Wildman–Crippen LogP) is 1.71. The van der Waals surface area contributed by atoms with Crippen molar-refractivity contribution < 1.29 is 9.66 Å².